The smallest absolute Gasteiger partial charge is 0.160 e. The van der Waals surface area contributed by atoms with E-state index in [2.05, 4.69) is 89.6 Å². The van der Waals surface area contributed by atoms with Crippen LogP contribution in [0.2, 0.25) is 0 Å². The Labute approximate surface area is 169 Å². The number of hydrogen-bond donors (Lipinski definition) is 0. The Hall–Kier alpha value is -2.56. The number of fused-ring (bicyclic) bond motifs is 3. The van der Waals surface area contributed by atoms with Gasteiger partial charge in [0.25, 0.3) is 0 Å². The van der Waals surface area contributed by atoms with Gasteiger partial charge in [-0.1, -0.05) is 64.5 Å². The number of nitrogens with zero attached hydrogens (tertiary/aromatic N) is 2. The highest BCUT2D eigenvalue weighted by molar-refractivity contribution is 9.10. The molecule has 0 saturated heterocycles. The van der Waals surface area contributed by atoms with Gasteiger partial charge in [-0.25, -0.2) is 9.97 Å². The average Bonchev–Trinajstić information content (AvgIpc) is 3.06. The molecule has 130 valence electrons. The monoisotopic (exact) mass is 430 g/mol. The Balaban J connectivity index is 1.88. The second-order valence-electron chi connectivity index (χ2n) is 6.56. The Morgan fingerprint density at radius 2 is 1.59 bits per heavy atom. The Kier molecular flexibility index (Phi) is 4.03. The van der Waals surface area contributed by atoms with Crippen LogP contribution in [0, 0.1) is 6.92 Å². The van der Waals surface area contributed by atoms with Crippen molar-refractivity contribution in [3.05, 3.63) is 82.8 Å². The second kappa shape index (κ2) is 6.55. The summed E-state index contributed by atoms with van der Waals surface area (Å²) in [5.74, 6) is 0.759. The van der Waals surface area contributed by atoms with Gasteiger partial charge in [0.05, 0.1) is 15.9 Å². The third kappa shape index (κ3) is 2.95. The predicted octanol–water partition coefficient (Wildman–Crippen LogP) is 7.25. The van der Waals surface area contributed by atoms with Crippen molar-refractivity contribution in [3.8, 4) is 22.6 Å². The minimum atomic E-state index is 0.759. The van der Waals surface area contributed by atoms with Gasteiger partial charge in [-0.3, -0.25) is 0 Å². The molecule has 2 aromatic heterocycles. The van der Waals surface area contributed by atoms with Crippen LogP contribution in [0.15, 0.2) is 77.3 Å². The average molecular weight is 431 g/mol. The van der Waals surface area contributed by atoms with Gasteiger partial charge in [0.15, 0.2) is 5.82 Å². The molecule has 0 atom stereocenters. The molecule has 0 aliphatic heterocycles. The molecule has 2 heterocycles. The molecule has 27 heavy (non-hydrogen) atoms. The van der Waals surface area contributed by atoms with E-state index in [1.165, 1.54) is 15.6 Å². The lowest BCUT2D eigenvalue weighted by Gasteiger charge is -2.08. The van der Waals surface area contributed by atoms with Gasteiger partial charge < -0.3 is 0 Å². The molecule has 0 aliphatic carbocycles. The zero-order valence-electron chi connectivity index (χ0n) is 14.6. The van der Waals surface area contributed by atoms with Crippen LogP contribution in [0.5, 0.6) is 0 Å². The molecule has 0 radical (unpaired) electrons. The Morgan fingerprint density at radius 3 is 2.41 bits per heavy atom. The minimum Gasteiger partial charge on any atom is -0.226 e. The molecule has 5 rings (SSSR count). The molecule has 0 aliphatic rings. The molecule has 0 bridgehead atoms. The quantitative estimate of drug-likeness (QED) is 0.294. The topological polar surface area (TPSA) is 25.8 Å². The first-order chi connectivity index (χ1) is 13.2. The van der Waals surface area contributed by atoms with E-state index in [4.69, 9.17) is 9.97 Å². The largest absolute Gasteiger partial charge is 0.226 e. The zero-order valence-corrected chi connectivity index (χ0v) is 17.0. The normalized spacial score (nSPS) is 11.3. The molecule has 4 heteroatoms. The Bertz CT molecular complexity index is 1270. The van der Waals surface area contributed by atoms with Crippen LogP contribution in [0.25, 0.3) is 42.9 Å². The zero-order chi connectivity index (χ0) is 18.4. The van der Waals surface area contributed by atoms with Crippen molar-refractivity contribution in [2.24, 2.45) is 0 Å². The first-order valence-electron chi connectivity index (χ1n) is 8.71. The van der Waals surface area contributed by atoms with Gasteiger partial charge in [0.1, 0.15) is 0 Å². The highest BCUT2D eigenvalue weighted by Gasteiger charge is 2.16. The van der Waals surface area contributed by atoms with E-state index in [1.54, 1.807) is 11.3 Å². The lowest BCUT2D eigenvalue weighted by atomic mass is 10.1. The van der Waals surface area contributed by atoms with Gasteiger partial charge in [-0.05, 0) is 36.8 Å². The van der Waals surface area contributed by atoms with Crippen LogP contribution in [0.1, 0.15) is 5.56 Å². The predicted molar refractivity (Wildman–Crippen MR) is 118 cm³/mol. The number of aryl methyl sites for hydroxylation is 1. The van der Waals surface area contributed by atoms with E-state index in [0.717, 1.165) is 37.3 Å². The van der Waals surface area contributed by atoms with E-state index in [1.807, 2.05) is 6.07 Å². The summed E-state index contributed by atoms with van der Waals surface area (Å²) in [6.07, 6.45) is 0. The van der Waals surface area contributed by atoms with E-state index in [0.29, 0.717) is 0 Å². The van der Waals surface area contributed by atoms with Crippen molar-refractivity contribution in [2.75, 3.05) is 0 Å². The first kappa shape index (κ1) is 16.6. The van der Waals surface area contributed by atoms with Gasteiger partial charge in [-0.15, -0.1) is 11.3 Å². The fourth-order valence-electron chi connectivity index (χ4n) is 3.38. The maximum Gasteiger partial charge on any atom is 0.160 e. The maximum absolute atomic E-state index is 5.00. The van der Waals surface area contributed by atoms with Crippen molar-refractivity contribution >= 4 is 47.6 Å². The van der Waals surface area contributed by atoms with Crippen LogP contribution in [0.3, 0.4) is 0 Å². The summed E-state index contributed by atoms with van der Waals surface area (Å²) in [7, 11) is 0. The van der Waals surface area contributed by atoms with E-state index in [9.17, 15) is 0 Å². The van der Waals surface area contributed by atoms with Crippen LogP contribution in [0.4, 0.5) is 0 Å². The third-order valence-electron chi connectivity index (χ3n) is 4.57. The molecule has 0 N–H and O–H groups in total. The summed E-state index contributed by atoms with van der Waals surface area (Å²) in [5.41, 5.74) is 5.34. The summed E-state index contributed by atoms with van der Waals surface area (Å²) in [6, 6.07) is 25.1. The number of hydrogen-bond acceptors (Lipinski definition) is 3. The lowest BCUT2D eigenvalue weighted by Crippen LogP contribution is -1.94. The molecule has 0 amide bonds. The SMILES string of the molecule is Cc1cc(Br)cc(-c2nc(-c3ccccc3)c3sc4ccccc4c3n2)c1. The highest BCUT2D eigenvalue weighted by Crippen LogP contribution is 2.39. The van der Waals surface area contributed by atoms with Crippen molar-refractivity contribution in [2.45, 2.75) is 6.92 Å². The molecule has 2 nitrogen and oxygen atoms in total. The fourth-order valence-corrected chi connectivity index (χ4v) is 5.14. The van der Waals surface area contributed by atoms with Crippen LogP contribution < -0.4 is 0 Å². The van der Waals surface area contributed by atoms with Gasteiger partial charge >= 0.3 is 0 Å². The summed E-state index contributed by atoms with van der Waals surface area (Å²) in [4.78, 5) is 9.98. The second-order valence-corrected chi connectivity index (χ2v) is 8.52. The standard InChI is InChI=1S/C23H15BrN2S/c1-14-11-16(13-17(24)12-14)23-25-20(15-7-3-2-4-8-15)22-21(26-23)18-9-5-6-10-19(18)27-22/h2-13H,1H3. The van der Waals surface area contributed by atoms with Crippen molar-refractivity contribution in [1.82, 2.24) is 9.97 Å². The van der Waals surface area contributed by atoms with E-state index in [-0.39, 0.29) is 0 Å². The van der Waals surface area contributed by atoms with Crippen LogP contribution >= 0.6 is 27.3 Å². The molecule has 0 fully saturated rings. The van der Waals surface area contributed by atoms with Crippen molar-refractivity contribution < 1.29 is 0 Å². The molecule has 0 unspecified atom stereocenters. The minimum absolute atomic E-state index is 0.759. The summed E-state index contributed by atoms with van der Waals surface area (Å²) in [5, 5.41) is 1.19. The summed E-state index contributed by atoms with van der Waals surface area (Å²) >= 11 is 5.36. The van der Waals surface area contributed by atoms with Crippen molar-refractivity contribution in [3.63, 3.8) is 0 Å². The molecule has 5 aromatic rings. The molecular formula is C23H15BrN2S. The van der Waals surface area contributed by atoms with Gasteiger partial charge in [0.2, 0.25) is 0 Å². The number of aromatic nitrogens is 2. The van der Waals surface area contributed by atoms with E-state index < -0.39 is 0 Å². The lowest BCUT2D eigenvalue weighted by molar-refractivity contribution is 1.23. The van der Waals surface area contributed by atoms with Crippen molar-refractivity contribution in [1.29, 1.82) is 0 Å². The molecule has 3 aromatic carbocycles. The van der Waals surface area contributed by atoms with Gasteiger partial charge in [0, 0.05) is 25.7 Å². The van der Waals surface area contributed by atoms with Gasteiger partial charge in [-0.2, -0.15) is 0 Å². The number of thiophene rings is 1. The van der Waals surface area contributed by atoms with Crippen LogP contribution in [-0.2, 0) is 0 Å². The summed E-state index contributed by atoms with van der Waals surface area (Å²) in [6.45, 7) is 2.09. The van der Waals surface area contributed by atoms with E-state index >= 15 is 0 Å². The third-order valence-corrected chi connectivity index (χ3v) is 6.19. The first-order valence-corrected chi connectivity index (χ1v) is 10.3. The molecule has 0 saturated carbocycles. The van der Waals surface area contributed by atoms with Crippen LogP contribution in [-0.4, -0.2) is 9.97 Å². The molecule has 0 spiro atoms. The summed E-state index contributed by atoms with van der Waals surface area (Å²) < 4.78 is 3.41. The number of halogens is 1. The molecular weight excluding hydrogens is 416 g/mol. The highest BCUT2D eigenvalue weighted by atomic mass is 79.9. The fraction of sp³-hybridized carbons (Fsp3) is 0.0435. The Morgan fingerprint density at radius 1 is 0.815 bits per heavy atom. The number of rotatable bonds is 2. The number of benzene rings is 3. The maximum atomic E-state index is 5.00.